The lowest BCUT2D eigenvalue weighted by molar-refractivity contribution is 0.0843. The number of carbonyl (C=O) groups is 2. The van der Waals surface area contributed by atoms with Gasteiger partial charge in [-0.05, 0) is 48.4 Å². The van der Waals surface area contributed by atoms with Crippen molar-refractivity contribution in [2.75, 3.05) is 0 Å². The van der Waals surface area contributed by atoms with Crippen molar-refractivity contribution in [2.24, 2.45) is 0 Å². The van der Waals surface area contributed by atoms with E-state index >= 15 is 0 Å². The molecule has 7 heteroatoms. The number of amides is 2. The highest BCUT2D eigenvalue weighted by molar-refractivity contribution is 6.30. The van der Waals surface area contributed by atoms with E-state index in [4.69, 9.17) is 11.6 Å². The lowest BCUT2D eigenvalue weighted by Crippen LogP contribution is -2.41. The van der Waals surface area contributed by atoms with Crippen molar-refractivity contribution in [1.29, 1.82) is 0 Å². The van der Waals surface area contributed by atoms with Gasteiger partial charge < -0.3 is 0 Å². The molecule has 0 saturated heterocycles. The zero-order valence-corrected chi connectivity index (χ0v) is 14.8. The Morgan fingerprint density at radius 2 is 1.77 bits per heavy atom. The average Bonchev–Trinajstić information content (AvgIpc) is 3.16. The molecule has 1 heterocycles. The monoisotopic (exact) mass is 368 g/mol. The third kappa shape index (κ3) is 4.10. The molecule has 2 N–H and O–H groups in total. The second-order valence-corrected chi connectivity index (χ2v) is 6.02. The van der Waals surface area contributed by atoms with Crippen LogP contribution >= 0.6 is 11.6 Å². The Bertz CT molecular complexity index is 935. The molecule has 0 fully saturated rings. The topological polar surface area (TPSA) is 76.0 Å². The van der Waals surface area contributed by atoms with Crippen molar-refractivity contribution in [2.45, 2.75) is 13.3 Å². The summed E-state index contributed by atoms with van der Waals surface area (Å²) in [6.45, 7) is 2.04. The number of nitrogens with one attached hydrogen (secondary N) is 2. The van der Waals surface area contributed by atoms with Gasteiger partial charge in [0.05, 0.1) is 5.69 Å². The maximum Gasteiger partial charge on any atom is 0.290 e. The molecule has 26 heavy (non-hydrogen) atoms. The molecule has 0 unspecified atom stereocenters. The summed E-state index contributed by atoms with van der Waals surface area (Å²) in [5.74, 6) is -0.903. The van der Waals surface area contributed by atoms with Gasteiger partial charge in [0, 0.05) is 16.8 Å². The SMILES string of the molecule is CCc1ccc(C(=O)NNC(=O)c2ccn(-c3cccc(Cl)c3)n2)cc1. The lowest BCUT2D eigenvalue weighted by atomic mass is 10.1. The van der Waals surface area contributed by atoms with Gasteiger partial charge in [0.15, 0.2) is 5.69 Å². The summed E-state index contributed by atoms with van der Waals surface area (Å²) >= 11 is 5.96. The second-order valence-electron chi connectivity index (χ2n) is 5.58. The van der Waals surface area contributed by atoms with Crippen LogP contribution < -0.4 is 10.9 Å². The van der Waals surface area contributed by atoms with Gasteiger partial charge in [-0.25, -0.2) is 4.68 Å². The molecule has 0 aliphatic carbocycles. The zero-order valence-electron chi connectivity index (χ0n) is 14.1. The van der Waals surface area contributed by atoms with Crippen LogP contribution in [-0.2, 0) is 6.42 Å². The number of aryl methyl sites for hydroxylation is 1. The smallest absolute Gasteiger partial charge is 0.267 e. The summed E-state index contributed by atoms with van der Waals surface area (Å²) in [7, 11) is 0. The van der Waals surface area contributed by atoms with Crippen LogP contribution in [0.2, 0.25) is 5.02 Å². The molecular formula is C19H17ClN4O2. The van der Waals surface area contributed by atoms with E-state index in [1.807, 2.05) is 25.1 Å². The van der Waals surface area contributed by atoms with Crippen molar-refractivity contribution in [3.05, 3.63) is 82.6 Å². The van der Waals surface area contributed by atoms with Crippen LogP contribution in [0.3, 0.4) is 0 Å². The molecule has 0 aliphatic heterocycles. The fourth-order valence-corrected chi connectivity index (χ4v) is 2.53. The number of benzene rings is 2. The van der Waals surface area contributed by atoms with Gasteiger partial charge in [-0.1, -0.05) is 36.7 Å². The number of carbonyl (C=O) groups excluding carboxylic acids is 2. The van der Waals surface area contributed by atoms with E-state index in [1.165, 1.54) is 4.68 Å². The summed E-state index contributed by atoms with van der Waals surface area (Å²) in [5, 5.41) is 4.76. The van der Waals surface area contributed by atoms with Crippen molar-refractivity contribution in [3.63, 3.8) is 0 Å². The molecule has 0 atom stereocenters. The van der Waals surface area contributed by atoms with E-state index < -0.39 is 11.8 Å². The first-order valence-corrected chi connectivity index (χ1v) is 8.46. The second kappa shape index (κ2) is 7.84. The molecule has 0 saturated carbocycles. The van der Waals surface area contributed by atoms with E-state index in [2.05, 4.69) is 16.0 Å². The predicted molar refractivity (Wildman–Crippen MR) is 99.3 cm³/mol. The highest BCUT2D eigenvalue weighted by atomic mass is 35.5. The number of nitrogens with zero attached hydrogens (tertiary/aromatic N) is 2. The normalized spacial score (nSPS) is 10.4. The average molecular weight is 369 g/mol. The Morgan fingerprint density at radius 3 is 2.46 bits per heavy atom. The fraction of sp³-hybridized carbons (Fsp3) is 0.105. The third-order valence-corrected chi connectivity index (χ3v) is 4.04. The molecule has 0 aliphatic rings. The molecule has 0 bridgehead atoms. The number of rotatable bonds is 4. The van der Waals surface area contributed by atoms with Gasteiger partial charge in [-0.2, -0.15) is 5.10 Å². The van der Waals surface area contributed by atoms with E-state index in [-0.39, 0.29) is 5.69 Å². The first-order valence-electron chi connectivity index (χ1n) is 8.08. The van der Waals surface area contributed by atoms with E-state index in [9.17, 15) is 9.59 Å². The lowest BCUT2D eigenvalue weighted by Gasteiger charge is -2.06. The molecule has 2 aromatic carbocycles. The fourth-order valence-electron chi connectivity index (χ4n) is 2.35. The van der Waals surface area contributed by atoms with Crippen molar-refractivity contribution in [3.8, 4) is 5.69 Å². The van der Waals surface area contributed by atoms with Gasteiger partial charge in [0.1, 0.15) is 0 Å². The van der Waals surface area contributed by atoms with Crippen molar-refractivity contribution >= 4 is 23.4 Å². The third-order valence-electron chi connectivity index (χ3n) is 3.81. The number of hydrogen-bond donors (Lipinski definition) is 2. The van der Waals surface area contributed by atoms with E-state index in [0.29, 0.717) is 10.6 Å². The van der Waals surface area contributed by atoms with Crippen LogP contribution in [0.5, 0.6) is 0 Å². The van der Waals surface area contributed by atoms with Crippen LogP contribution in [0.15, 0.2) is 60.8 Å². The summed E-state index contributed by atoms with van der Waals surface area (Å²) in [6, 6.07) is 15.8. The summed E-state index contributed by atoms with van der Waals surface area (Å²) in [4.78, 5) is 24.2. The first-order chi connectivity index (χ1) is 12.6. The Balaban J connectivity index is 1.62. The largest absolute Gasteiger partial charge is 0.290 e. The van der Waals surface area contributed by atoms with Gasteiger partial charge in [0.2, 0.25) is 0 Å². The summed E-state index contributed by atoms with van der Waals surface area (Å²) < 4.78 is 1.53. The highest BCUT2D eigenvalue weighted by Crippen LogP contribution is 2.14. The molecular weight excluding hydrogens is 352 g/mol. The Hall–Kier alpha value is -3.12. The number of aromatic nitrogens is 2. The maximum absolute atomic E-state index is 12.2. The van der Waals surface area contributed by atoms with Crippen LogP contribution in [0.25, 0.3) is 5.69 Å². The van der Waals surface area contributed by atoms with Gasteiger partial charge in [-0.15, -0.1) is 0 Å². The first kappa shape index (κ1) is 17.7. The number of halogens is 1. The van der Waals surface area contributed by atoms with Crippen molar-refractivity contribution in [1.82, 2.24) is 20.6 Å². The minimum Gasteiger partial charge on any atom is -0.267 e. The Labute approximate surface area is 155 Å². The highest BCUT2D eigenvalue weighted by Gasteiger charge is 2.12. The Morgan fingerprint density at radius 1 is 1.04 bits per heavy atom. The quantitative estimate of drug-likeness (QED) is 0.694. The van der Waals surface area contributed by atoms with Crippen LogP contribution in [-0.4, -0.2) is 21.6 Å². The van der Waals surface area contributed by atoms with Crippen LogP contribution in [0.1, 0.15) is 33.3 Å². The Kier molecular flexibility index (Phi) is 5.34. The molecule has 3 aromatic rings. The maximum atomic E-state index is 12.2. The van der Waals surface area contributed by atoms with E-state index in [1.54, 1.807) is 42.6 Å². The predicted octanol–water partition coefficient (Wildman–Crippen LogP) is 3.16. The van der Waals surface area contributed by atoms with Crippen molar-refractivity contribution < 1.29 is 9.59 Å². The molecule has 132 valence electrons. The number of hydrazine groups is 1. The molecule has 1 aromatic heterocycles. The van der Waals surface area contributed by atoms with Gasteiger partial charge in [-0.3, -0.25) is 20.4 Å². The van der Waals surface area contributed by atoms with Gasteiger partial charge in [0.25, 0.3) is 11.8 Å². The number of hydrogen-bond acceptors (Lipinski definition) is 3. The molecule has 0 radical (unpaired) electrons. The minimum atomic E-state index is -0.510. The molecule has 2 amide bonds. The minimum absolute atomic E-state index is 0.173. The van der Waals surface area contributed by atoms with E-state index in [0.717, 1.165) is 17.7 Å². The standard InChI is InChI=1S/C19H17ClN4O2/c1-2-13-6-8-14(9-7-13)18(25)21-22-19(26)17-10-11-24(23-17)16-5-3-4-15(20)12-16/h3-12H,2H2,1H3,(H,21,25)(H,22,26). The van der Waals surface area contributed by atoms with Crippen LogP contribution in [0.4, 0.5) is 0 Å². The summed E-state index contributed by atoms with van der Waals surface area (Å²) in [5.41, 5.74) is 7.25. The van der Waals surface area contributed by atoms with Crippen LogP contribution in [0, 0.1) is 0 Å². The van der Waals surface area contributed by atoms with Gasteiger partial charge >= 0.3 is 0 Å². The summed E-state index contributed by atoms with van der Waals surface area (Å²) in [6.07, 6.45) is 2.54. The molecule has 6 nitrogen and oxygen atoms in total. The zero-order chi connectivity index (χ0) is 18.5. The molecule has 0 spiro atoms. The molecule has 3 rings (SSSR count).